The third kappa shape index (κ3) is 6.43. The maximum absolute atomic E-state index is 5.89. The number of rotatable bonds is 9. The first-order valence-corrected chi connectivity index (χ1v) is 8.23. The fourth-order valence-electron chi connectivity index (χ4n) is 2.31. The number of benzene rings is 1. The topological polar surface area (TPSA) is 25.2 Å². The zero-order valence-corrected chi connectivity index (χ0v) is 14.7. The Balaban J connectivity index is 0.00000242. The highest BCUT2D eigenvalue weighted by molar-refractivity contribution is 6.30. The molecule has 0 aliphatic heterocycles. The predicted octanol–water partition coefficient (Wildman–Crippen LogP) is 6.08. The van der Waals surface area contributed by atoms with Crippen LogP contribution in [0.3, 0.4) is 0 Å². The van der Waals surface area contributed by atoms with Gasteiger partial charge in [0.15, 0.2) is 0 Å². The van der Waals surface area contributed by atoms with Crippen molar-refractivity contribution in [1.29, 1.82) is 0 Å². The SMILES string of the molecule is CCCCCCCNCc1ccc(-c2ccc(Cl)cc2)o1.Cl. The molecule has 2 nitrogen and oxygen atoms in total. The van der Waals surface area contributed by atoms with Crippen LogP contribution >= 0.6 is 24.0 Å². The Bertz CT molecular complexity index is 522. The van der Waals surface area contributed by atoms with Crippen LogP contribution < -0.4 is 5.32 Å². The van der Waals surface area contributed by atoms with Crippen LogP contribution in [-0.4, -0.2) is 6.54 Å². The van der Waals surface area contributed by atoms with E-state index in [4.69, 9.17) is 16.0 Å². The van der Waals surface area contributed by atoms with Crippen LogP contribution in [0.2, 0.25) is 5.02 Å². The van der Waals surface area contributed by atoms with Crippen molar-refractivity contribution in [3.8, 4) is 11.3 Å². The van der Waals surface area contributed by atoms with E-state index in [0.29, 0.717) is 0 Å². The molecule has 0 aliphatic rings. The van der Waals surface area contributed by atoms with Gasteiger partial charge in [-0.1, -0.05) is 44.2 Å². The normalized spacial score (nSPS) is 10.5. The number of unbranched alkanes of at least 4 members (excludes halogenated alkanes) is 4. The summed E-state index contributed by atoms with van der Waals surface area (Å²) < 4.78 is 5.85. The summed E-state index contributed by atoms with van der Waals surface area (Å²) in [6.07, 6.45) is 6.55. The number of halogens is 2. The van der Waals surface area contributed by atoms with E-state index in [0.717, 1.165) is 35.2 Å². The van der Waals surface area contributed by atoms with Gasteiger partial charge in [-0.2, -0.15) is 0 Å². The van der Waals surface area contributed by atoms with E-state index in [2.05, 4.69) is 12.2 Å². The maximum Gasteiger partial charge on any atom is 0.134 e. The molecule has 0 saturated carbocycles. The third-order valence-electron chi connectivity index (χ3n) is 3.55. The number of furan rings is 1. The van der Waals surface area contributed by atoms with Crippen molar-refractivity contribution in [2.75, 3.05) is 6.54 Å². The maximum atomic E-state index is 5.89. The van der Waals surface area contributed by atoms with Gasteiger partial charge in [-0.25, -0.2) is 0 Å². The molecule has 0 aliphatic carbocycles. The van der Waals surface area contributed by atoms with Gasteiger partial charge in [0.25, 0.3) is 0 Å². The quantitative estimate of drug-likeness (QED) is 0.559. The number of hydrogen-bond donors (Lipinski definition) is 1. The Kier molecular flexibility index (Phi) is 9.30. The molecule has 0 fully saturated rings. The van der Waals surface area contributed by atoms with Crippen molar-refractivity contribution in [1.82, 2.24) is 5.32 Å². The Morgan fingerprint density at radius 1 is 0.955 bits per heavy atom. The molecule has 2 aromatic rings. The molecule has 2 rings (SSSR count). The molecule has 0 radical (unpaired) electrons. The van der Waals surface area contributed by atoms with Gasteiger partial charge < -0.3 is 9.73 Å². The summed E-state index contributed by atoms with van der Waals surface area (Å²) in [6, 6.07) is 11.8. The first-order valence-electron chi connectivity index (χ1n) is 7.85. The van der Waals surface area contributed by atoms with Crippen molar-refractivity contribution < 1.29 is 4.42 Å². The van der Waals surface area contributed by atoms with Gasteiger partial charge in [0, 0.05) is 10.6 Å². The molecular weight excluding hydrogens is 317 g/mol. The van der Waals surface area contributed by atoms with Gasteiger partial charge in [0.1, 0.15) is 11.5 Å². The van der Waals surface area contributed by atoms with Gasteiger partial charge in [0.05, 0.1) is 6.54 Å². The number of hydrogen-bond acceptors (Lipinski definition) is 2. The largest absolute Gasteiger partial charge is 0.460 e. The predicted molar refractivity (Wildman–Crippen MR) is 96.9 cm³/mol. The smallest absolute Gasteiger partial charge is 0.134 e. The molecular formula is C18H25Cl2NO. The molecule has 1 heterocycles. The van der Waals surface area contributed by atoms with Crippen LogP contribution in [0.1, 0.15) is 44.8 Å². The molecule has 1 aromatic carbocycles. The average molecular weight is 342 g/mol. The molecule has 0 saturated heterocycles. The zero-order chi connectivity index (χ0) is 14.9. The third-order valence-corrected chi connectivity index (χ3v) is 3.80. The molecule has 0 atom stereocenters. The molecule has 0 spiro atoms. The molecule has 122 valence electrons. The average Bonchev–Trinajstić information content (AvgIpc) is 2.96. The van der Waals surface area contributed by atoms with E-state index in [1.54, 1.807) is 0 Å². The number of nitrogens with one attached hydrogen (secondary N) is 1. The molecule has 1 N–H and O–H groups in total. The Labute approximate surface area is 144 Å². The summed E-state index contributed by atoms with van der Waals surface area (Å²) in [6.45, 7) is 4.09. The van der Waals surface area contributed by atoms with Gasteiger partial charge >= 0.3 is 0 Å². The van der Waals surface area contributed by atoms with Gasteiger partial charge in [-0.05, 0) is 49.4 Å². The van der Waals surface area contributed by atoms with E-state index < -0.39 is 0 Å². The van der Waals surface area contributed by atoms with Crippen molar-refractivity contribution in [3.63, 3.8) is 0 Å². The van der Waals surface area contributed by atoms with E-state index in [1.807, 2.05) is 36.4 Å². The summed E-state index contributed by atoms with van der Waals surface area (Å²) in [5, 5.41) is 4.18. The summed E-state index contributed by atoms with van der Waals surface area (Å²) >= 11 is 5.89. The molecule has 1 aromatic heterocycles. The molecule has 0 unspecified atom stereocenters. The monoisotopic (exact) mass is 341 g/mol. The lowest BCUT2D eigenvalue weighted by molar-refractivity contribution is 0.486. The van der Waals surface area contributed by atoms with Crippen LogP contribution in [0.5, 0.6) is 0 Å². The Morgan fingerprint density at radius 2 is 1.68 bits per heavy atom. The van der Waals surface area contributed by atoms with Crippen molar-refractivity contribution in [2.24, 2.45) is 0 Å². The minimum Gasteiger partial charge on any atom is -0.460 e. The van der Waals surface area contributed by atoms with Gasteiger partial charge in [-0.15, -0.1) is 12.4 Å². The molecule has 4 heteroatoms. The van der Waals surface area contributed by atoms with Crippen LogP contribution in [0.4, 0.5) is 0 Å². The summed E-state index contributed by atoms with van der Waals surface area (Å²) in [4.78, 5) is 0. The second-order valence-corrected chi connectivity index (χ2v) is 5.80. The molecule has 22 heavy (non-hydrogen) atoms. The minimum atomic E-state index is 0. The van der Waals surface area contributed by atoms with E-state index in [-0.39, 0.29) is 12.4 Å². The highest BCUT2D eigenvalue weighted by Gasteiger charge is 2.04. The van der Waals surface area contributed by atoms with Crippen LogP contribution in [0.25, 0.3) is 11.3 Å². The van der Waals surface area contributed by atoms with Crippen molar-refractivity contribution in [2.45, 2.75) is 45.6 Å². The summed E-state index contributed by atoms with van der Waals surface area (Å²) in [5.74, 6) is 1.87. The lowest BCUT2D eigenvalue weighted by Crippen LogP contribution is -2.14. The van der Waals surface area contributed by atoms with Gasteiger partial charge in [0.2, 0.25) is 0 Å². The second kappa shape index (κ2) is 10.7. The second-order valence-electron chi connectivity index (χ2n) is 5.36. The minimum absolute atomic E-state index is 0. The van der Waals surface area contributed by atoms with Crippen LogP contribution in [-0.2, 0) is 6.54 Å². The Hall–Kier alpha value is -0.960. The van der Waals surface area contributed by atoms with Crippen molar-refractivity contribution in [3.05, 3.63) is 47.2 Å². The summed E-state index contributed by atoms with van der Waals surface area (Å²) in [5.41, 5.74) is 1.06. The van der Waals surface area contributed by atoms with E-state index in [9.17, 15) is 0 Å². The molecule has 0 amide bonds. The van der Waals surface area contributed by atoms with Crippen molar-refractivity contribution >= 4 is 24.0 Å². The lowest BCUT2D eigenvalue weighted by atomic mass is 10.1. The lowest BCUT2D eigenvalue weighted by Gasteiger charge is -2.03. The standard InChI is InChI=1S/C18H24ClNO.ClH/c1-2-3-4-5-6-13-20-14-17-11-12-18(21-17)15-7-9-16(19)10-8-15;/h7-12,20H,2-6,13-14H2,1H3;1H. The summed E-state index contributed by atoms with van der Waals surface area (Å²) in [7, 11) is 0. The molecule has 0 bridgehead atoms. The van der Waals surface area contributed by atoms with Gasteiger partial charge in [-0.3, -0.25) is 0 Å². The van der Waals surface area contributed by atoms with E-state index >= 15 is 0 Å². The fourth-order valence-corrected chi connectivity index (χ4v) is 2.43. The fraction of sp³-hybridized carbons (Fsp3) is 0.444. The van der Waals surface area contributed by atoms with Crippen LogP contribution in [0.15, 0.2) is 40.8 Å². The highest BCUT2D eigenvalue weighted by atomic mass is 35.5. The highest BCUT2D eigenvalue weighted by Crippen LogP contribution is 2.23. The Morgan fingerprint density at radius 3 is 2.41 bits per heavy atom. The zero-order valence-electron chi connectivity index (χ0n) is 13.1. The first-order chi connectivity index (χ1) is 10.3. The van der Waals surface area contributed by atoms with Crippen LogP contribution in [0, 0.1) is 0 Å². The first kappa shape index (κ1) is 19.1. The van der Waals surface area contributed by atoms with E-state index in [1.165, 1.54) is 32.1 Å².